The van der Waals surface area contributed by atoms with Gasteiger partial charge in [-0.1, -0.05) is 26.0 Å². The van der Waals surface area contributed by atoms with Crippen LogP contribution in [0.3, 0.4) is 0 Å². The lowest BCUT2D eigenvalue weighted by molar-refractivity contribution is -0.139. The predicted molar refractivity (Wildman–Crippen MR) is 123 cm³/mol. The van der Waals surface area contributed by atoms with E-state index in [1.165, 1.54) is 43.5 Å². The number of sulfonamides is 1. The topological polar surface area (TPSA) is 141 Å². The summed E-state index contributed by atoms with van der Waals surface area (Å²) in [7, 11) is -2.33. The highest BCUT2D eigenvalue weighted by Crippen LogP contribution is 2.31. The number of anilines is 1. The van der Waals surface area contributed by atoms with Gasteiger partial charge >= 0.3 is 5.97 Å². The van der Waals surface area contributed by atoms with E-state index in [9.17, 15) is 27.8 Å². The van der Waals surface area contributed by atoms with Crippen molar-refractivity contribution in [3.8, 4) is 11.3 Å². The van der Waals surface area contributed by atoms with E-state index in [2.05, 4.69) is 9.97 Å². The SMILES string of the molecule is CC(C)c1nc(N(C)S(C)(=O)=O)nc(-c2ccc(F)cc2)c1/C=C/[C@H](O)C[C@H](O)CC(=O)O. The number of benzene rings is 1. The Hall–Kier alpha value is -2.89. The molecule has 0 aliphatic rings. The molecule has 1 aromatic heterocycles. The van der Waals surface area contributed by atoms with E-state index in [-0.39, 0.29) is 18.3 Å². The maximum Gasteiger partial charge on any atom is 0.305 e. The molecule has 3 N–H and O–H groups in total. The number of aliphatic hydroxyl groups is 2. The molecule has 0 spiro atoms. The van der Waals surface area contributed by atoms with Crippen LogP contribution in [0.2, 0.25) is 0 Å². The summed E-state index contributed by atoms with van der Waals surface area (Å²) in [6.45, 7) is 3.71. The minimum Gasteiger partial charge on any atom is -0.481 e. The first-order valence-electron chi connectivity index (χ1n) is 10.2. The number of carboxylic acid groups (broad SMARTS) is 1. The van der Waals surface area contributed by atoms with Crippen LogP contribution in [0.15, 0.2) is 30.3 Å². The molecule has 0 unspecified atom stereocenters. The van der Waals surface area contributed by atoms with Gasteiger partial charge in [0, 0.05) is 24.6 Å². The van der Waals surface area contributed by atoms with Gasteiger partial charge in [0.1, 0.15) is 5.82 Å². The van der Waals surface area contributed by atoms with E-state index in [1.54, 1.807) is 0 Å². The molecule has 11 heteroatoms. The van der Waals surface area contributed by atoms with Crippen LogP contribution in [0, 0.1) is 5.82 Å². The van der Waals surface area contributed by atoms with Crippen LogP contribution in [0.25, 0.3) is 17.3 Å². The van der Waals surface area contributed by atoms with Crippen LogP contribution in [0.5, 0.6) is 0 Å². The molecule has 1 aromatic carbocycles. The summed E-state index contributed by atoms with van der Waals surface area (Å²) in [6.07, 6.45) is 0.860. The second-order valence-corrected chi connectivity index (χ2v) is 9.99. The smallest absolute Gasteiger partial charge is 0.305 e. The van der Waals surface area contributed by atoms with Crippen molar-refractivity contribution < 1.29 is 32.9 Å². The number of aliphatic carboxylic acids is 1. The zero-order valence-corrected chi connectivity index (χ0v) is 19.6. The standard InChI is InChI=1S/C22H28FN3O6S/c1-13(2)20-18(10-9-16(27)11-17(28)12-19(29)30)21(14-5-7-15(23)8-6-14)25-22(24-20)26(3)33(4,31)32/h5-10,13,16-17,27-28H,11-12H2,1-4H3,(H,29,30)/b10-9+/t16-,17-/m0/s1. The highest BCUT2D eigenvalue weighted by Gasteiger charge is 2.22. The minimum atomic E-state index is -3.65. The van der Waals surface area contributed by atoms with E-state index in [4.69, 9.17) is 5.11 Å². The molecule has 0 saturated heterocycles. The van der Waals surface area contributed by atoms with Crippen molar-refractivity contribution in [2.24, 2.45) is 0 Å². The van der Waals surface area contributed by atoms with E-state index in [1.807, 2.05) is 13.8 Å². The molecule has 0 amide bonds. The maximum atomic E-state index is 13.5. The van der Waals surface area contributed by atoms with Gasteiger partial charge in [0.2, 0.25) is 16.0 Å². The van der Waals surface area contributed by atoms with E-state index in [0.717, 1.165) is 10.6 Å². The highest BCUT2D eigenvalue weighted by atomic mass is 32.2. The number of carboxylic acids is 1. The van der Waals surface area contributed by atoms with Crippen LogP contribution in [-0.4, -0.2) is 65.2 Å². The van der Waals surface area contributed by atoms with E-state index in [0.29, 0.717) is 22.5 Å². The quantitative estimate of drug-likeness (QED) is 0.470. The first-order valence-corrected chi connectivity index (χ1v) is 12.0. The van der Waals surface area contributed by atoms with Gasteiger partial charge in [-0.05, 0) is 30.2 Å². The average molecular weight is 482 g/mol. The molecule has 33 heavy (non-hydrogen) atoms. The van der Waals surface area contributed by atoms with Crippen molar-refractivity contribution in [1.29, 1.82) is 0 Å². The average Bonchev–Trinajstić information content (AvgIpc) is 2.70. The van der Waals surface area contributed by atoms with Crippen LogP contribution in [0.4, 0.5) is 10.3 Å². The third-order valence-electron chi connectivity index (χ3n) is 4.82. The Morgan fingerprint density at radius 3 is 2.30 bits per heavy atom. The summed E-state index contributed by atoms with van der Waals surface area (Å²) < 4.78 is 38.6. The number of rotatable bonds is 10. The largest absolute Gasteiger partial charge is 0.481 e. The van der Waals surface area contributed by atoms with Gasteiger partial charge in [-0.15, -0.1) is 0 Å². The molecule has 2 aromatic rings. The molecule has 9 nitrogen and oxygen atoms in total. The summed E-state index contributed by atoms with van der Waals surface area (Å²) in [5.74, 6) is -1.87. The summed E-state index contributed by atoms with van der Waals surface area (Å²) in [5.41, 5.74) is 1.80. The van der Waals surface area contributed by atoms with Gasteiger partial charge in [-0.3, -0.25) is 4.79 Å². The van der Waals surface area contributed by atoms with E-state index >= 15 is 0 Å². The maximum absolute atomic E-state index is 13.5. The molecular weight excluding hydrogens is 453 g/mol. The van der Waals surface area contributed by atoms with Gasteiger partial charge in [0.15, 0.2) is 0 Å². The monoisotopic (exact) mass is 481 g/mol. The summed E-state index contributed by atoms with van der Waals surface area (Å²) >= 11 is 0. The summed E-state index contributed by atoms with van der Waals surface area (Å²) in [4.78, 5) is 19.6. The lowest BCUT2D eigenvalue weighted by Crippen LogP contribution is -2.27. The van der Waals surface area contributed by atoms with Crippen molar-refractivity contribution in [2.45, 2.75) is 44.8 Å². The summed E-state index contributed by atoms with van der Waals surface area (Å²) in [6, 6.07) is 5.49. The molecule has 2 rings (SSSR count). The van der Waals surface area contributed by atoms with Gasteiger partial charge in [0.25, 0.3) is 0 Å². The zero-order valence-electron chi connectivity index (χ0n) is 18.8. The first kappa shape index (κ1) is 26.4. The van der Waals surface area contributed by atoms with Crippen LogP contribution in [-0.2, 0) is 14.8 Å². The highest BCUT2D eigenvalue weighted by molar-refractivity contribution is 7.92. The minimum absolute atomic E-state index is 0.0601. The Morgan fingerprint density at radius 1 is 1.18 bits per heavy atom. The Labute approximate surface area is 192 Å². The van der Waals surface area contributed by atoms with Crippen molar-refractivity contribution in [1.82, 2.24) is 9.97 Å². The molecule has 0 bridgehead atoms. The molecule has 0 aliphatic heterocycles. The van der Waals surface area contributed by atoms with Crippen molar-refractivity contribution in [3.63, 3.8) is 0 Å². The first-order chi connectivity index (χ1) is 15.3. The number of aliphatic hydroxyl groups excluding tert-OH is 2. The predicted octanol–water partition coefficient (Wildman–Crippen LogP) is 2.40. The third kappa shape index (κ3) is 7.31. The second kappa shape index (κ2) is 10.8. The fourth-order valence-corrected chi connectivity index (χ4v) is 3.42. The third-order valence-corrected chi connectivity index (χ3v) is 5.97. The second-order valence-electron chi connectivity index (χ2n) is 7.98. The number of nitrogens with zero attached hydrogens (tertiary/aromatic N) is 3. The fourth-order valence-electron chi connectivity index (χ4n) is 3.05. The molecule has 2 atom stereocenters. The normalized spacial score (nSPS) is 13.9. The Morgan fingerprint density at radius 2 is 1.79 bits per heavy atom. The Kier molecular flexibility index (Phi) is 8.64. The molecule has 0 radical (unpaired) electrons. The lowest BCUT2D eigenvalue weighted by atomic mass is 9.97. The number of aromatic nitrogens is 2. The fraction of sp³-hybridized carbons (Fsp3) is 0.409. The Bertz CT molecular complexity index is 1120. The van der Waals surface area contributed by atoms with Gasteiger partial charge in [-0.25, -0.2) is 27.1 Å². The molecule has 1 heterocycles. The van der Waals surface area contributed by atoms with Gasteiger partial charge < -0.3 is 15.3 Å². The zero-order chi connectivity index (χ0) is 24.9. The van der Waals surface area contributed by atoms with Crippen LogP contribution < -0.4 is 4.31 Å². The number of hydrogen-bond acceptors (Lipinski definition) is 7. The molecule has 0 aliphatic carbocycles. The van der Waals surface area contributed by atoms with Crippen LogP contribution in [0.1, 0.15) is 43.9 Å². The lowest BCUT2D eigenvalue weighted by Gasteiger charge is -2.20. The number of halogens is 1. The number of hydrogen-bond donors (Lipinski definition) is 3. The van der Waals surface area contributed by atoms with Crippen molar-refractivity contribution >= 4 is 28.0 Å². The van der Waals surface area contributed by atoms with Crippen molar-refractivity contribution in [2.75, 3.05) is 17.6 Å². The van der Waals surface area contributed by atoms with Crippen molar-refractivity contribution in [3.05, 3.63) is 47.4 Å². The number of carbonyl (C=O) groups is 1. The molecule has 180 valence electrons. The van der Waals surface area contributed by atoms with Gasteiger partial charge in [0.05, 0.1) is 36.3 Å². The van der Waals surface area contributed by atoms with Crippen LogP contribution >= 0.6 is 0 Å². The molecule has 0 saturated carbocycles. The molecule has 0 fully saturated rings. The van der Waals surface area contributed by atoms with Gasteiger partial charge in [-0.2, -0.15) is 0 Å². The Balaban J connectivity index is 2.61. The van der Waals surface area contributed by atoms with E-state index < -0.39 is 40.4 Å². The molecular formula is C22H28FN3O6S. The summed E-state index contributed by atoms with van der Waals surface area (Å²) in [5, 5.41) is 28.8.